The molecule has 2 unspecified atom stereocenters. The van der Waals surface area contributed by atoms with Crippen LogP contribution in [0.15, 0.2) is 0 Å². The molecule has 0 amide bonds. The Bertz CT molecular complexity index is 602. The molecule has 1 heterocycles. The van der Waals surface area contributed by atoms with Crippen molar-refractivity contribution in [2.75, 3.05) is 0 Å². The van der Waals surface area contributed by atoms with E-state index in [1.165, 1.54) is 13.8 Å². The third-order valence-electron chi connectivity index (χ3n) is 4.26. The molecule has 21 heavy (non-hydrogen) atoms. The molecular formula is C11H14F2O7S. The maximum absolute atomic E-state index is 13.3. The fourth-order valence-electron chi connectivity index (χ4n) is 2.69. The first-order valence-electron chi connectivity index (χ1n) is 6.14. The van der Waals surface area contributed by atoms with Gasteiger partial charge in [0, 0.05) is 6.42 Å². The number of halogens is 2. The van der Waals surface area contributed by atoms with Crippen LogP contribution in [0, 0.1) is 5.92 Å². The zero-order valence-electron chi connectivity index (χ0n) is 11.3. The van der Waals surface area contributed by atoms with Crippen LogP contribution in [0.3, 0.4) is 0 Å². The van der Waals surface area contributed by atoms with Crippen molar-refractivity contribution in [2.24, 2.45) is 5.92 Å². The van der Waals surface area contributed by atoms with E-state index in [2.05, 4.69) is 4.74 Å². The van der Waals surface area contributed by atoms with Crippen LogP contribution in [-0.2, 0) is 29.2 Å². The maximum Gasteiger partial charge on any atom is 0.465 e. The molecule has 7 nitrogen and oxygen atoms in total. The van der Waals surface area contributed by atoms with Crippen molar-refractivity contribution in [1.29, 1.82) is 0 Å². The van der Waals surface area contributed by atoms with Gasteiger partial charge in [-0.3, -0.25) is 9.35 Å². The predicted octanol–water partition coefficient (Wildman–Crippen LogP) is 0.885. The Balaban J connectivity index is 2.27. The van der Waals surface area contributed by atoms with Gasteiger partial charge in [-0.25, -0.2) is 4.79 Å². The molecule has 1 saturated heterocycles. The molecule has 1 saturated carbocycles. The number of hydrogen-bond acceptors (Lipinski definition) is 6. The summed E-state index contributed by atoms with van der Waals surface area (Å²) in [5.41, 5.74) is -2.90. The van der Waals surface area contributed by atoms with E-state index in [1.54, 1.807) is 0 Å². The molecule has 10 heteroatoms. The summed E-state index contributed by atoms with van der Waals surface area (Å²) in [6.07, 6.45) is 0.524. The quantitative estimate of drug-likeness (QED) is 0.605. The third kappa shape index (κ3) is 2.30. The zero-order valence-corrected chi connectivity index (χ0v) is 12.1. The first-order valence-corrected chi connectivity index (χ1v) is 7.58. The lowest BCUT2D eigenvalue weighted by atomic mass is 9.71. The molecule has 1 aliphatic heterocycles. The number of hydrogen-bond donors (Lipinski definition) is 1. The molecule has 3 atom stereocenters. The Labute approximate surface area is 119 Å². The number of esters is 2. The van der Waals surface area contributed by atoms with Crippen molar-refractivity contribution >= 4 is 22.1 Å². The van der Waals surface area contributed by atoms with Crippen LogP contribution >= 0.6 is 0 Å². The number of ether oxygens (including phenoxy) is 2. The second-order valence-corrected chi connectivity index (χ2v) is 7.17. The SMILES string of the molecule is CC1(OC(=O)C(F)(F)S(=O)(=O)O)CCC2C[C@]1(C)OC2=O. The number of carbonyl (C=O) groups excluding carboxylic acids is 2. The van der Waals surface area contributed by atoms with Crippen LogP contribution in [0.1, 0.15) is 33.1 Å². The van der Waals surface area contributed by atoms with Gasteiger partial charge in [-0.1, -0.05) is 0 Å². The summed E-state index contributed by atoms with van der Waals surface area (Å²) in [6.45, 7) is 2.72. The highest BCUT2D eigenvalue weighted by Gasteiger charge is 2.64. The van der Waals surface area contributed by atoms with Crippen molar-refractivity contribution < 1.29 is 40.8 Å². The Morgan fingerprint density at radius 3 is 2.57 bits per heavy atom. The minimum absolute atomic E-state index is 0.0627. The number of carbonyl (C=O) groups is 2. The molecular weight excluding hydrogens is 314 g/mol. The minimum atomic E-state index is -5.94. The second kappa shape index (κ2) is 4.35. The van der Waals surface area contributed by atoms with Crippen LogP contribution in [0.2, 0.25) is 0 Å². The fraction of sp³-hybridized carbons (Fsp3) is 0.818. The summed E-state index contributed by atoms with van der Waals surface area (Å²) in [5, 5.41) is -5.08. The predicted molar refractivity (Wildman–Crippen MR) is 62.8 cm³/mol. The number of rotatable bonds is 3. The monoisotopic (exact) mass is 328 g/mol. The zero-order chi connectivity index (χ0) is 16.3. The van der Waals surface area contributed by atoms with Crippen LogP contribution in [0.25, 0.3) is 0 Å². The van der Waals surface area contributed by atoms with Gasteiger partial charge in [0.1, 0.15) is 11.2 Å². The van der Waals surface area contributed by atoms with E-state index in [0.717, 1.165) is 0 Å². The molecule has 1 N–H and O–H groups in total. The van der Waals surface area contributed by atoms with Crippen LogP contribution in [0.4, 0.5) is 8.78 Å². The summed E-state index contributed by atoms with van der Waals surface area (Å²) >= 11 is 0. The van der Waals surface area contributed by atoms with Gasteiger partial charge >= 0.3 is 27.3 Å². The van der Waals surface area contributed by atoms with E-state index in [-0.39, 0.29) is 25.2 Å². The summed E-state index contributed by atoms with van der Waals surface area (Å²) in [6, 6.07) is 0. The van der Waals surface area contributed by atoms with Crippen LogP contribution in [-0.4, -0.2) is 41.4 Å². The van der Waals surface area contributed by atoms with E-state index >= 15 is 0 Å². The van der Waals surface area contributed by atoms with E-state index in [0.29, 0.717) is 0 Å². The topological polar surface area (TPSA) is 107 Å². The average molecular weight is 328 g/mol. The van der Waals surface area contributed by atoms with Gasteiger partial charge in [-0.2, -0.15) is 17.2 Å². The first kappa shape index (κ1) is 16.1. The van der Waals surface area contributed by atoms with Crippen molar-refractivity contribution in [3.05, 3.63) is 0 Å². The number of fused-ring (bicyclic) bond motifs is 2. The minimum Gasteiger partial charge on any atom is -0.455 e. The van der Waals surface area contributed by atoms with Gasteiger partial charge < -0.3 is 9.47 Å². The van der Waals surface area contributed by atoms with Gasteiger partial charge in [0.15, 0.2) is 0 Å². The first-order chi connectivity index (χ1) is 9.32. The lowest BCUT2D eigenvalue weighted by molar-refractivity contribution is -0.209. The van der Waals surface area contributed by atoms with Crippen molar-refractivity contribution in [2.45, 2.75) is 49.6 Å². The Morgan fingerprint density at radius 1 is 1.48 bits per heavy atom. The van der Waals surface area contributed by atoms with E-state index < -0.39 is 38.5 Å². The molecule has 0 aromatic carbocycles. The highest BCUT2D eigenvalue weighted by Crippen LogP contribution is 2.50. The molecule has 120 valence electrons. The van der Waals surface area contributed by atoms with Gasteiger partial charge in [-0.15, -0.1) is 0 Å². The highest BCUT2D eigenvalue weighted by molar-refractivity contribution is 7.87. The lowest BCUT2D eigenvalue weighted by Crippen LogP contribution is -2.56. The Kier molecular flexibility index (Phi) is 3.34. The fourth-order valence-corrected chi connectivity index (χ4v) is 2.94. The summed E-state index contributed by atoms with van der Waals surface area (Å²) in [7, 11) is -5.94. The summed E-state index contributed by atoms with van der Waals surface area (Å²) in [4.78, 5) is 23.0. The molecule has 1 aliphatic carbocycles. The van der Waals surface area contributed by atoms with Gasteiger partial charge in [0.25, 0.3) is 0 Å². The number of alkyl halides is 2. The molecule has 0 spiro atoms. The van der Waals surface area contributed by atoms with Crippen molar-refractivity contribution in [3.63, 3.8) is 0 Å². The summed E-state index contributed by atoms with van der Waals surface area (Å²) < 4.78 is 65.8. The Hall–Kier alpha value is -1.29. The van der Waals surface area contributed by atoms with E-state index in [9.17, 15) is 26.8 Å². The standard InChI is InChI=1S/C11H14F2O7S/c1-9(20-8(15)11(12,13)21(16,17)18)4-3-6-5-10(9,2)19-7(6)14/h6H,3-5H2,1-2H3,(H,16,17,18)/t6?,9?,10-/m0/s1. The molecule has 2 aliphatic rings. The summed E-state index contributed by atoms with van der Waals surface area (Å²) in [5.74, 6) is -3.28. The van der Waals surface area contributed by atoms with E-state index in [4.69, 9.17) is 9.29 Å². The molecule has 0 radical (unpaired) electrons. The Morgan fingerprint density at radius 2 is 2.05 bits per heavy atom. The smallest absolute Gasteiger partial charge is 0.455 e. The largest absolute Gasteiger partial charge is 0.465 e. The second-order valence-electron chi connectivity index (χ2n) is 5.70. The molecule has 2 rings (SSSR count). The van der Waals surface area contributed by atoms with Gasteiger partial charge in [-0.05, 0) is 26.7 Å². The van der Waals surface area contributed by atoms with E-state index in [1.807, 2.05) is 0 Å². The lowest BCUT2D eigenvalue weighted by Gasteiger charge is -2.44. The molecule has 2 bridgehead atoms. The van der Waals surface area contributed by atoms with Gasteiger partial charge in [0.05, 0.1) is 5.92 Å². The third-order valence-corrected chi connectivity index (χ3v) is 5.08. The maximum atomic E-state index is 13.3. The van der Waals surface area contributed by atoms with Gasteiger partial charge in [0.2, 0.25) is 0 Å². The normalized spacial score (nSPS) is 36.2. The van der Waals surface area contributed by atoms with Crippen LogP contribution in [0.5, 0.6) is 0 Å². The van der Waals surface area contributed by atoms with Crippen molar-refractivity contribution in [3.8, 4) is 0 Å². The van der Waals surface area contributed by atoms with Crippen molar-refractivity contribution in [1.82, 2.24) is 0 Å². The molecule has 0 aromatic rings. The average Bonchev–Trinajstić information content (AvgIpc) is 2.57. The molecule has 0 aromatic heterocycles. The highest BCUT2D eigenvalue weighted by atomic mass is 32.2. The molecule has 2 fully saturated rings. The van der Waals surface area contributed by atoms with Crippen LogP contribution < -0.4 is 0 Å².